The van der Waals surface area contributed by atoms with Crippen molar-refractivity contribution in [2.24, 2.45) is 5.92 Å². The van der Waals surface area contributed by atoms with Crippen molar-refractivity contribution >= 4 is 5.97 Å². The molecule has 1 saturated heterocycles. The molecule has 3 nitrogen and oxygen atoms in total. The van der Waals surface area contributed by atoms with E-state index >= 15 is 0 Å². The Morgan fingerprint density at radius 3 is 1.97 bits per heavy atom. The summed E-state index contributed by atoms with van der Waals surface area (Å²) in [5.41, 5.74) is 5.60. The molecule has 176 valence electrons. The van der Waals surface area contributed by atoms with Gasteiger partial charge < -0.3 is 9.47 Å². The van der Waals surface area contributed by atoms with Crippen LogP contribution in [0, 0.1) is 5.92 Å². The van der Waals surface area contributed by atoms with Gasteiger partial charge in [-0.3, -0.25) is 0 Å². The van der Waals surface area contributed by atoms with Gasteiger partial charge >= 0.3 is 5.97 Å². The molecule has 0 amide bonds. The molecule has 0 N–H and O–H groups in total. The van der Waals surface area contributed by atoms with Crippen LogP contribution in [-0.2, 0) is 9.47 Å². The second-order valence-electron chi connectivity index (χ2n) is 9.22. The summed E-state index contributed by atoms with van der Waals surface area (Å²) in [5.74, 6) is 0.231. The Hall–Kier alpha value is -3.69. The molecule has 4 aromatic carbocycles. The maximum absolute atomic E-state index is 12.6. The van der Waals surface area contributed by atoms with E-state index in [1.54, 1.807) is 12.1 Å². The monoisotopic (exact) mass is 462 g/mol. The van der Waals surface area contributed by atoms with Crippen molar-refractivity contribution in [3.05, 3.63) is 143 Å². The first-order chi connectivity index (χ1) is 17.2. The number of hydrogen-bond donors (Lipinski definition) is 0. The fourth-order valence-corrected chi connectivity index (χ4v) is 5.24. The molecule has 1 fully saturated rings. The zero-order valence-electron chi connectivity index (χ0n) is 19.9. The molecule has 0 unspecified atom stereocenters. The van der Waals surface area contributed by atoms with Crippen molar-refractivity contribution in [1.82, 2.24) is 0 Å². The van der Waals surface area contributed by atoms with Crippen LogP contribution >= 0.6 is 0 Å². The first-order valence-electron chi connectivity index (χ1n) is 12.2. The van der Waals surface area contributed by atoms with Crippen LogP contribution in [0.25, 0.3) is 0 Å². The minimum atomic E-state index is -0.313. The summed E-state index contributed by atoms with van der Waals surface area (Å²) in [6.07, 6.45) is -0.189. The Morgan fingerprint density at radius 1 is 0.800 bits per heavy atom. The number of benzene rings is 4. The van der Waals surface area contributed by atoms with Gasteiger partial charge in [0, 0.05) is 11.8 Å². The average Bonchev–Trinajstić information content (AvgIpc) is 3.29. The van der Waals surface area contributed by atoms with Crippen LogP contribution in [0.4, 0.5) is 0 Å². The van der Waals surface area contributed by atoms with Gasteiger partial charge in [0.1, 0.15) is 6.61 Å². The fraction of sp³-hybridized carbons (Fsp3) is 0.219. The average molecular weight is 463 g/mol. The lowest BCUT2D eigenvalue weighted by Gasteiger charge is -2.28. The molecule has 0 radical (unpaired) electrons. The van der Waals surface area contributed by atoms with Crippen LogP contribution < -0.4 is 0 Å². The number of rotatable bonds is 7. The van der Waals surface area contributed by atoms with E-state index in [0.29, 0.717) is 18.1 Å². The van der Waals surface area contributed by atoms with E-state index < -0.39 is 0 Å². The zero-order valence-corrected chi connectivity index (χ0v) is 19.9. The molecule has 0 aliphatic carbocycles. The highest BCUT2D eigenvalue weighted by molar-refractivity contribution is 5.89. The molecule has 1 aliphatic heterocycles. The molecule has 35 heavy (non-hydrogen) atoms. The van der Waals surface area contributed by atoms with Gasteiger partial charge in [0.05, 0.1) is 18.3 Å². The highest BCUT2D eigenvalue weighted by atomic mass is 16.6. The molecule has 1 aliphatic rings. The van der Waals surface area contributed by atoms with Gasteiger partial charge in [0.15, 0.2) is 0 Å². The predicted octanol–water partition coefficient (Wildman–Crippen LogP) is 6.84. The molecule has 0 spiro atoms. The van der Waals surface area contributed by atoms with Gasteiger partial charge in [-0.25, -0.2) is 4.79 Å². The molecular formula is C32H30O3. The molecule has 3 atom stereocenters. The van der Waals surface area contributed by atoms with E-state index in [-0.39, 0.29) is 30.5 Å². The topological polar surface area (TPSA) is 35.5 Å². The van der Waals surface area contributed by atoms with Crippen molar-refractivity contribution in [3.8, 4) is 0 Å². The van der Waals surface area contributed by atoms with Gasteiger partial charge in [0.2, 0.25) is 0 Å². The Bertz CT molecular complexity index is 1200. The largest absolute Gasteiger partial charge is 0.459 e. The van der Waals surface area contributed by atoms with Crippen LogP contribution in [0.15, 0.2) is 115 Å². The Labute approximate surface area is 207 Å². The van der Waals surface area contributed by atoms with Crippen LogP contribution in [0.5, 0.6) is 0 Å². The standard InChI is InChI=1S/C32H30O3/c1-23-21-34-29(22-35-32(33)26-17-9-4-10-18-26)30(23)27-19-11-12-20-28(27)31(24-13-5-2-6-14-24)25-15-7-3-8-16-25/h2-20,23,29-31H,21-22H2,1H3/t23-,29-,30-/m0/s1. The van der Waals surface area contributed by atoms with Crippen LogP contribution in [0.1, 0.15) is 51.4 Å². The summed E-state index contributed by atoms with van der Waals surface area (Å²) in [6, 6.07) is 39.1. The third-order valence-electron chi connectivity index (χ3n) is 6.91. The Balaban J connectivity index is 1.48. The summed E-state index contributed by atoms with van der Waals surface area (Å²) < 4.78 is 11.9. The van der Waals surface area contributed by atoms with Crippen LogP contribution in [-0.4, -0.2) is 25.3 Å². The van der Waals surface area contributed by atoms with Crippen LogP contribution in [0.2, 0.25) is 0 Å². The normalized spacial score (nSPS) is 19.5. The maximum Gasteiger partial charge on any atom is 0.338 e. The van der Waals surface area contributed by atoms with Gasteiger partial charge in [-0.2, -0.15) is 0 Å². The number of carbonyl (C=O) groups is 1. The van der Waals surface area contributed by atoms with Gasteiger partial charge in [-0.15, -0.1) is 0 Å². The van der Waals surface area contributed by atoms with Gasteiger partial charge in [-0.1, -0.05) is 110 Å². The lowest BCUT2D eigenvalue weighted by atomic mass is 9.76. The van der Waals surface area contributed by atoms with E-state index in [1.165, 1.54) is 22.3 Å². The molecule has 5 rings (SSSR count). The predicted molar refractivity (Wildman–Crippen MR) is 139 cm³/mol. The summed E-state index contributed by atoms with van der Waals surface area (Å²) in [6.45, 7) is 3.10. The first kappa shape index (κ1) is 23.1. The summed E-state index contributed by atoms with van der Waals surface area (Å²) in [7, 11) is 0. The highest BCUT2D eigenvalue weighted by Gasteiger charge is 2.38. The smallest absolute Gasteiger partial charge is 0.338 e. The number of hydrogen-bond acceptors (Lipinski definition) is 3. The Morgan fingerprint density at radius 2 is 1.34 bits per heavy atom. The molecular weight excluding hydrogens is 432 g/mol. The van der Waals surface area contributed by atoms with Crippen molar-refractivity contribution in [2.75, 3.05) is 13.2 Å². The number of esters is 1. The minimum absolute atomic E-state index is 0.105. The number of carbonyl (C=O) groups excluding carboxylic acids is 1. The molecule has 4 aromatic rings. The molecule has 3 heteroatoms. The summed E-state index contributed by atoms with van der Waals surface area (Å²) in [5, 5.41) is 0. The van der Waals surface area contributed by atoms with E-state index in [4.69, 9.17) is 9.47 Å². The Kier molecular flexibility index (Phi) is 7.06. The number of ether oxygens (including phenoxy) is 2. The summed E-state index contributed by atoms with van der Waals surface area (Å²) in [4.78, 5) is 12.6. The quantitative estimate of drug-likeness (QED) is 0.223. The maximum atomic E-state index is 12.6. The second-order valence-corrected chi connectivity index (χ2v) is 9.22. The molecule has 0 aromatic heterocycles. The lowest BCUT2D eigenvalue weighted by molar-refractivity contribution is 0.0124. The van der Waals surface area contributed by atoms with Crippen molar-refractivity contribution < 1.29 is 14.3 Å². The van der Waals surface area contributed by atoms with E-state index in [2.05, 4.69) is 91.9 Å². The molecule has 0 saturated carbocycles. The van der Waals surface area contributed by atoms with Crippen LogP contribution in [0.3, 0.4) is 0 Å². The zero-order chi connectivity index (χ0) is 24.0. The summed E-state index contributed by atoms with van der Waals surface area (Å²) >= 11 is 0. The second kappa shape index (κ2) is 10.7. The fourth-order valence-electron chi connectivity index (χ4n) is 5.24. The molecule has 0 bridgehead atoms. The highest BCUT2D eigenvalue weighted by Crippen LogP contribution is 2.43. The van der Waals surface area contributed by atoms with Crippen molar-refractivity contribution in [2.45, 2.75) is 24.9 Å². The lowest BCUT2D eigenvalue weighted by Crippen LogP contribution is -2.26. The van der Waals surface area contributed by atoms with E-state index in [1.807, 2.05) is 18.2 Å². The van der Waals surface area contributed by atoms with E-state index in [9.17, 15) is 4.79 Å². The third kappa shape index (κ3) is 5.06. The van der Waals surface area contributed by atoms with Gasteiger partial charge in [-0.05, 0) is 40.3 Å². The minimum Gasteiger partial charge on any atom is -0.459 e. The third-order valence-corrected chi connectivity index (χ3v) is 6.91. The SMILES string of the molecule is C[C@H]1CO[C@@H](COC(=O)c2ccccc2)[C@@H]1c1ccccc1C(c1ccccc1)c1ccccc1. The van der Waals surface area contributed by atoms with Gasteiger partial charge in [0.25, 0.3) is 0 Å². The van der Waals surface area contributed by atoms with E-state index in [0.717, 1.165) is 0 Å². The van der Waals surface area contributed by atoms with Crippen molar-refractivity contribution in [1.29, 1.82) is 0 Å². The first-order valence-corrected chi connectivity index (χ1v) is 12.2. The molecule has 1 heterocycles. The van der Waals surface area contributed by atoms with Crippen molar-refractivity contribution in [3.63, 3.8) is 0 Å².